The van der Waals surface area contributed by atoms with E-state index in [1.807, 2.05) is 65.6 Å². The molecule has 2 aliphatic heterocycles. The van der Waals surface area contributed by atoms with Gasteiger partial charge in [0.05, 0.1) is 12.0 Å². The highest BCUT2D eigenvalue weighted by Crippen LogP contribution is 2.38. The number of piperidine rings is 1. The Morgan fingerprint density at radius 1 is 0.824 bits per heavy atom. The van der Waals surface area contributed by atoms with Crippen LogP contribution in [0.2, 0.25) is 0 Å². The number of hydrogen-bond donors (Lipinski definition) is 1. The molecule has 0 atom stereocenters. The van der Waals surface area contributed by atoms with E-state index >= 15 is 0 Å². The second kappa shape index (κ2) is 9.82. The van der Waals surface area contributed by atoms with Crippen LogP contribution >= 0.6 is 0 Å². The number of rotatable bonds is 7. The second-order valence-electron chi connectivity index (χ2n) is 9.47. The Hall–Kier alpha value is -3.44. The third-order valence-corrected chi connectivity index (χ3v) is 7.25. The number of likely N-dealkylation sites (tertiary alicyclic amines) is 1. The summed E-state index contributed by atoms with van der Waals surface area (Å²) in [5, 5.41) is 3.09. The maximum atomic E-state index is 13.4. The first kappa shape index (κ1) is 22.4. The van der Waals surface area contributed by atoms with Gasteiger partial charge in [-0.3, -0.25) is 14.5 Å². The molecule has 5 rings (SSSR count). The van der Waals surface area contributed by atoms with Crippen LogP contribution in [-0.4, -0.2) is 40.2 Å². The smallest absolute Gasteiger partial charge is 0.254 e. The minimum absolute atomic E-state index is 0.00381. The molecule has 174 valence electrons. The van der Waals surface area contributed by atoms with Gasteiger partial charge in [0.25, 0.3) is 5.91 Å². The van der Waals surface area contributed by atoms with E-state index in [4.69, 9.17) is 0 Å². The molecule has 2 amide bonds. The molecular weight excluding hydrogens is 422 g/mol. The Bertz CT molecular complexity index is 1140. The van der Waals surface area contributed by atoms with E-state index in [0.717, 1.165) is 49.2 Å². The molecule has 0 unspecified atom stereocenters. The molecule has 2 aliphatic rings. The summed E-state index contributed by atoms with van der Waals surface area (Å²) in [4.78, 5) is 31.0. The third kappa shape index (κ3) is 4.75. The minimum atomic E-state index is -0.468. The minimum Gasteiger partial charge on any atom is -0.352 e. The number of carbonyl (C=O) groups excluding carboxylic acids is 2. The van der Waals surface area contributed by atoms with Crippen molar-refractivity contribution in [1.29, 1.82) is 0 Å². The monoisotopic (exact) mass is 453 g/mol. The van der Waals surface area contributed by atoms with Gasteiger partial charge >= 0.3 is 0 Å². The third-order valence-electron chi connectivity index (χ3n) is 7.25. The first-order chi connectivity index (χ1) is 16.6. The van der Waals surface area contributed by atoms with Gasteiger partial charge < -0.3 is 10.2 Å². The molecule has 5 nitrogen and oxygen atoms in total. The lowest BCUT2D eigenvalue weighted by molar-refractivity contribution is -0.125. The number of amides is 2. The summed E-state index contributed by atoms with van der Waals surface area (Å²) in [6.45, 7) is 3.71. The van der Waals surface area contributed by atoms with Gasteiger partial charge in [-0.15, -0.1) is 0 Å². The summed E-state index contributed by atoms with van der Waals surface area (Å²) >= 11 is 0. The quantitative estimate of drug-likeness (QED) is 0.578. The molecule has 0 aliphatic carbocycles. The molecule has 5 heteroatoms. The van der Waals surface area contributed by atoms with Crippen LogP contribution in [0.15, 0.2) is 84.9 Å². The molecule has 0 bridgehead atoms. The van der Waals surface area contributed by atoms with Crippen molar-refractivity contribution in [3.63, 3.8) is 0 Å². The summed E-state index contributed by atoms with van der Waals surface area (Å²) in [7, 11) is 0. The zero-order valence-electron chi connectivity index (χ0n) is 19.5. The Morgan fingerprint density at radius 2 is 1.44 bits per heavy atom. The molecule has 2 heterocycles. The molecule has 34 heavy (non-hydrogen) atoms. The summed E-state index contributed by atoms with van der Waals surface area (Å²) in [5.41, 5.74) is 3.73. The van der Waals surface area contributed by atoms with Crippen molar-refractivity contribution in [2.75, 3.05) is 13.1 Å². The fraction of sp³-hybridized carbons (Fsp3) is 0.310. The van der Waals surface area contributed by atoms with Crippen molar-refractivity contribution < 1.29 is 9.59 Å². The van der Waals surface area contributed by atoms with Crippen LogP contribution in [0.1, 0.15) is 46.3 Å². The molecule has 0 aromatic heterocycles. The molecular formula is C29H31N3O2. The fourth-order valence-corrected chi connectivity index (χ4v) is 5.31. The standard InChI is InChI=1S/C29H31N3O2/c33-27(30-20-23-9-3-1-4-10-23)19-29(32-22-25-13-7-8-14-26(25)28(32)34)15-17-31(18-16-29)21-24-11-5-2-6-12-24/h1-14H,15-22H2,(H,30,33). The molecule has 1 saturated heterocycles. The van der Waals surface area contributed by atoms with Crippen LogP contribution in [0, 0.1) is 0 Å². The van der Waals surface area contributed by atoms with Crippen molar-refractivity contribution >= 4 is 11.8 Å². The average Bonchev–Trinajstić information content (AvgIpc) is 3.23. The van der Waals surface area contributed by atoms with Crippen LogP contribution in [0.25, 0.3) is 0 Å². The maximum Gasteiger partial charge on any atom is 0.254 e. The Kier molecular flexibility index (Phi) is 6.45. The van der Waals surface area contributed by atoms with Gasteiger partial charge in [-0.2, -0.15) is 0 Å². The first-order valence-corrected chi connectivity index (χ1v) is 12.1. The number of nitrogens with one attached hydrogen (secondary N) is 1. The summed E-state index contributed by atoms with van der Waals surface area (Å²) < 4.78 is 0. The van der Waals surface area contributed by atoms with Crippen molar-refractivity contribution in [3.8, 4) is 0 Å². The molecule has 0 spiro atoms. The Labute approximate surface area is 201 Å². The van der Waals surface area contributed by atoms with Crippen LogP contribution in [0.5, 0.6) is 0 Å². The largest absolute Gasteiger partial charge is 0.352 e. The normalized spacial score (nSPS) is 17.4. The van der Waals surface area contributed by atoms with Crippen molar-refractivity contribution in [2.24, 2.45) is 0 Å². The van der Waals surface area contributed by atoms with Crippen LogP contribution in [0.4, 0.5) is 0 Å². The second-order valence-corrected chi connectivity index (χ2v) is 9.47. The van der Waals surface area contributed by atoms with Crippen molar-refractivity contribution in [2.45, 2.75) is 44.4 Å². The van der Waals surface area contributed by atoms with Gasteiger partial charge in [-0.05, 0) is 35.6 Å². The van der Waals surface area contributed by atoms with E-state index in [1.54, 1.807) is 0 Å². The van der Waals surface area contributed by atoms with Crippen LogP contribution < -0.4 is 5.32 Å². The lowest BCUT2D eigenvalue weighted by atomic mass is 9.82. The van der Waals surface area contributed by atoms with E-state index in [2.05, 4.69) is 34.5 Å². The van der Waals surface area contributed by atoms with E-state index in [1.165, 1.54) is 5.56 Å². The number of benzene rings is 3. The highest BCUT2D eigenvalue weighted by Gasteiger charge is 2.46. The molecule has 1 fully saturated rings. The Balaban J connectivity index is 1.31. The van der Waals surface area contributed by atoms with Gasteiger partial charge in [0.15, 0.2) is 0 Å². The summed E-state index contributed by atoms with van der Waals surface area (Å²) in [6, 6.07) is 28.3. The number of nitrogens with zero attached hydrogens (tertiary/aromatic N) is 2. The highest BCUT2D eigenvalue weighted by atomic mass is 16.2. The lowest BCUT2D eigenvalue weighted by Crippen LogP contribution is -2.57. The first-order valence-electron chi connectivity index (χ1n) is 12.1. The SMILES string of the molecule is O=C(CC1(N2Cc3ccccc3C2=O)CCN(Cc2ccccc2)CC1)NCc1ccccc1. The van der Waals surface area contributed by atoms with Crippen molar-refractivity contribution in [3.05, 3.63) is 107 Å². The average molecular weight is 454 g/mol. The molecule has 0 radical (unpaired) electrons. The molecule has 0 saturated carbocycles. The number of carbonyl (C=O) groups is 2. The van der Waals surface area contributed by atoms with E-state index < -0.39 is 5.54 Å². The zero-order valence-corrected chi connectivity index (χ0v) is 19.5. The lowest BCUT2D eigenvalue weighted by Gasteiger charge is -2.47. The van der Waals surface area contributed by atoms with Gasteiger partial charge in [-0.1, -0.05) is 78.9 Å². The molecule has 1 N–H and O–H groups in total. The van der Waals surface area contributed by atoms with Gasteiger partial charge in [0.2, 0.25) is 5.91 Å². The van der Waals surface area contributed by atoms with Crippen molar-refractivity contribution in [1.82, 2.24) is 15.1 Å². The summed E-state index contributed by atoms with van der Waals surface area (Å²) in [6.07, 6.45) is 1.91. The van der Waals surface area contributed by atoms with Gasteiger partial charge in [0, 0.05) is 38.3 Å². The number of fused-ring (bicyclic) bond motifs is 1. The highest BCUT2D eigenvalue weighted by molar-refractivity contribution is 5.99. The fourth-order valence-electron chi connectivity index (χ4n) is 5.31. The van der Waals surface area contributed by atoms with Crippen LogP contribution in [0.3, 0.4) is 0 Å². The van der Waals surface area contributed by atoms with Gasteiger partial charge in [-0.25, -0.2) is 0 Å². The topological polar surface area (TPSA) is 52.7 Å². The zero-order chi connectivity index (χ0) is 23.4. The predicted molar refractivity (Wildman–Crippen MR) is 133 cm³/mol. The van der Waals surface area contributed by atoms with Gasteiger partial charge in [0.1, 0.15) is 0 Å². The molecule has 3 aromatic carbocycles. The predicted octanol–water partition coefficient (Wildman–Crippen LogP) is 4.38. The molecule has 3 aromatic rings. The number of hydrogen-bond acceptors (Lipinski definition) is 3. The summed E-state index contributed by atoms with van der Waals surface area (Å²) in [5.74, 6) is 0.0621. The van der Waals surface area contributed by atoms with Crippen LogP contribution in [-0.2, 0) is 24.4 Å². The maximum absolute atomic E-state index is 13.4. The Morgan fingerprint density at radius 3 is 2.12 bits per heavy atom. The van der Waals surface area contributed by atoms with E-state index in [0.29, 0.717) is 19.5 Å². The van der Waals surface area contributed by atoms with E-state index in [9.17, 15) is 9.59 Å². The van der Waals surface area contributed by atoms with E-state index in [-0.39, 0.29) is 11.8 Å².